The van der Waals surface area contributed by atoms with E-state index in [9.17, 15) is 4.79 Å². The van der Waals surface area contributed by atoms with E-state index in [0.717, 1.165) is 60.3 Å². The van der Waals surface area contributed by atoms with E-state index in [1.54, 1.807) is 12.0 Å². The van der Waals surface area contributed by atoms with Gasteiger partial charge < -0.3 is 24.3 Å². The first-order valence-corrected chi connectivity index (χ1v) is 9.99. The number of furan rings is 1. The third kappa shape index (κ3) is 3.40. The van der Waals surface area contributed by atoms with Crippen LogP contribution in [0.3, 0.4) is 0 Å². The van der Waals surface area contributed by atoms with Crippen LogP contribution in [0.4, 0.5) is 5.69 Å². The first-order valence-electron chi connectivity index (χ1n) is 9.99. The average molecular weight is 382 g/mol. The second-order valence-electron chi connectivity index (χ2n) is 7.44. The van der Waals surface area contributed by atoms with Crippen molar-refractivity contribution < 1.29 is 18.8 Å². The summed E-state index contributed by atoms with van der Waals surface area (Å²) in [4.78, 5) is 16.4. The largest absolute Gasteiger partial charge is 0.495 e. The molecule has 4 rings (SSSR count). The van der Waals surface area contributed by atoms with Gasteiger partial charge in [-0.05, 0) is 26.0 Å². The number of rotatable bonds is 5. The lowest BCUT2D eigenvalue weighted by Crippen LogP contribution is -3.14. The minimum absolute atomic E-state index is 0.127. The molecule has 148 valence electrons. The summed E-state index contributed by atoms with van der Waals surface area (Å²) in [7, 11) is 1.65. The first-order chi connectivity index (χ1) is 13.6. The SMILES string of the molecule is CC[NH+]1CCN(C(=O)[C@@H](C)Nc2cc3oc4ccccc4c3cc2OC)CC1. The molecule has 2 heterocycles. The van der Waals surface area contributed by atoms with E-state index in [1.807, 2.05) is 48.2 Å². The van der Waals surface area contributed by atoms with Crippen molar-refractivity contribution in [3.63, 3.8) is 0 Å². The number of fused-ring (bicyclic) bond motifs is 3. The van der Waals surface area contributed by atoms with Crippen LogP contribution in [-0.4, -0.2) is 56.7 Å². The van der Waals surface area contributed by atoms with Crippen LogP contribution in [0.2, 0.25) is 0 Å². The molecule has 1 atom stereocenters. The van der Waals surface area contributed by atoms with Gasteiger partial charge in [0.2, 0.25) is 5.91 Å². The highest BCUT2D eigenvalue weighted by Crippen LogP contribution is 2.36. The molecule has 2 N–H and O–H groups in total. The Morgan fingerprint density at radius 2 is 1.96 bits per heavy atom. The predicted octanol–water partition coefficient (Wildman–Crippen LogP) is 2.14. The van der Waals surface area contributed by atoms with E-state index in [-0.39, 0.29) is 11.9 Å². The summed E-state index contributed by atoms with van der Waals surface area (Å²) in [5.41, 5.74) is 2.40. The van der Waals surface area contributed by atoms with Crippen LogP contribution >= 0.6 is 0 Å². The Balaban J connectivity index is 1.56. The molecule has 1 saturated heterocycles. The molecular formula is C22H28N3O3+. The summed E-state index contributed by atoms with van der Waals surface area (Å²) in [6, 6.07) is 11.5. The first kappa shape index (κ1) is 18.6. The fourth-order valence-corrected chi connectivity index (χ4v) is 4.00. The summed E-state index contributed by atoms with van der Waals surface area (Å²) in [6.45, 7) is 8.87. The highest BCUT2D eigenvalue weighted by molar-refractivity contribution is 6.06. The van der Waals surface area contributed by atoms with Crippen molar-refractivity contribution in [1.29, 1.82) is 0 Å². The number of hydrogen-bond acceptors (Lipinski definition) is 4. The third-order valence-corrected chi connectivity index (χ3v) is 5.72. The van der Waals surface area contributed by atoms with E-state index in [4.69, 9.17) is 9.15 Å². The van der Waals surface area contributed by atoms with Crippen molar-refractivity contribution in [2.75, 3.05) is 45.2 Å². The Morgan fingerprint density at radius 3 is 2.68 bits per heavy atom. The standard InChI is InChI=1S/C22H27N3O3/c1-4-24-9-11-25(12-10-24)22(26)15(2)23-18-14-20-17(13-21(18)27-3)16-7-5-6-8-19(16)28-20/h5-8,13-15,23H,4,9-12H2,1-3H3/p+1/t15-/m1/s1. The summed E-state index contributed by atoms with van der Waals surface area (Å²) in [5.74, 6) is 0.834. The molecule has 1 aromatic heterocycles. The van der Waals surface area contributed by atoms with Gasteiger partial charge in [-0.3, -0.25) is 4.79 Å². The normalized spacial score (nSPS) is 16.5. The molecular weight excluding hydrogens is 354 g/mol. The third-order valence-electron chi connectivity index (χ3n) is 5.72. The number of methoxy groups -OCH3 is 1. The lowest BCUT2D eigenvalue weighted by atomic mass is 10.1. The molecule has 2 aromatic carbocycles. The zero-order valence-corrected chi connectivity index (χ0v) is 16.7. The van der Waals surface area contributed by atoms with Crippen molar-refractivity contribution in [3.8, 4) is 5.75 Å². The number of carbonyl (C=O) groups is 1. The number of anilines is 1. The Bertz CT molecular complexity index is 989. The molecule has 0 unspecified atom stereocenters. The fourth-order valence-electron chi connectivity index (χ4n) is 4.00. The lowest BCUT2D eigenvalue weighted by Gasteiger charge is -2.33. The minimum atomic E-state index is -0.334. The van der Waals surface area contributed by atoms with Gasteiger partial charge in [-0.1, -0.05) is 18.2 Å². The number of piperazine rings is 1. The topological polar surface area (TPSA) is 59.2 Å². The fraction of sp³-hybridized carbons (Fsp3) is 0.409. The van der Waals surface area contributed by atoms with Gasteiger partial charge >= 0.3 is 0 Å². The van der Waals surface area contributed by atoms with Gasteiger partial charge in [0, 0.05) is 16.8 Å². The zero-order chi connectivity index (χ0) is 19.7. The minimum Gasteiger partial charge on any atom is -0.495 e. The van der Waals surface area contributed by atoms with Crippen LogP contribution in [0.25, 0.3) is 21.9 Å². The van der Waals surface area contributed by atoms with Crippen molar-refractivity contribution >= 4 is 33.5 Å². The van der Waals surface area contributed by atoms with E-state index < -0.39 is 0 Å². The van der Waals surface area contributed by atoms with Gasteiger partial charge in [0.1, 0.15) is 23.0 Å². The van der Waals surface area contributed by atoms with Crippen molar-refractivity contribution in [2.24, 2.45) is 0 Å². The number of likely N-dealkylation sites (N-methyl/N-ethyl adjacent to an activating group) is 1. The molecule has 1 amide bonds. The van der Waals surface area contributed by atoms with E-state index in [2.05, 4.69) is 12.2 Å². The smallest absolute Gasteiger partial charge is 0.245 e. The van der Waals surface area contributed by atoms with E-state index in [1.165, 1.54) is 0 Å². The number of ether oxygens (including phenoxy) is 1. The highest BCUT2D eigenvalue weighted by atomic mass is 16.5. The summed E-state index contributed by atoms with van der Waals surface area (Å²) in [6.07, 6.45) is 0. The summed E-state index contributed by atoms with van der Waals surface area (Å²) in [5, 5.41) is 5.41. The number of quaternary nitrogens is 1. The second-order valence-corrected chi connectivity index (χ2v) is 7.44. The Labute approximate surface area is 165 Å². The van der Waals surface area contributed by atoms with Gasteiger partial charge in [-0.15, -0.1) is 0 Å². The predicted molar refractivity (Wildman–Crippen MR) is 111 cm³/mol. The summed E-state index contributed by atoms with van der Waals surface area (Å²) >= 11 is 0. The average Bonchev–Trinajstić information content (AvgIpc) is 3.10. The Kier molecular flexibility index (Phi) is 5.13. The molecule has 6 heteroatoms. The molecule has 28 heavy (non-hydrogen) atoms. The molecule has 0 bridgehead atoms. The monoisotopic (exact) mass is 382 g/mol. The van der Waals surface area contributed by atoms with Crippen LogP contribution in [0.1, 0.15) is 13.8 Å². The number of carbonyl (C=O) groups excluding carboxylic acids is 1. The van der Waals surface area contributed by atoms with Crippen molar-refractivity contribution in [1.82, 2.24) is 4.90 Å². The highest BCUT2D eigenvalue weighted by Gasteiger charge is 2.27. The number of nitrogens with one attached hydrogen (secondary N) is 2. The maximum atomic E-state index is 12.9. The summed E-state index contributed by atoms with van der Waals surface area (Å²) < 4.78 is 11.6. The van der Waals surface area contributed by atoms with E-state index >= 15 is 0 Å². The zero-order valence-electron chi connectivity index (χ0n) is 16.7. The van der Waals surface area contributed by atoms with Gasteiger partial charge in [0.05, 0.1) is 45.5 Å². The molecule has 3 aromatic rings. The molecule has 0 saturated carbocycles. The Morgan fingerprint density at radius 1 is 1.21 bits per heavy atom. The van der Waals surface area contributed by atoms with Crippen LogP contribution in [0.5, 0.6) is 5.75 Å². The van der Waals surface area contributed by atoms with Gasteiger partial charge in [0.25, 0.3) is 0 Å². The maximum absolute atomic E-state index is 12.9. The Hall–Kier alpha value is -2.73. The molecule has 0 spiro atoms. The van der Waals surface area contributed by atoms with Crippen molar-refractivity contribution in [2.45, 2.75) is 19.9 Å². The molecule has 0 aliphatic carbocycles. The molecule has 6 nitrogen and oxygen atoms in total. The quantitative estimate of drug-likeness (QED) is 0.710. The van der Waals surface area contributed by atoms with Gasteiger partial charge in [-0.2, -0.15) is 0 Å². The van der Waals surface area contributed by atoms with Crippen LogP contribution in [0, 0.1) is 0 Å². The lowest BCUT2D eigenvalue weighted by molar-refractivity contribution is -0.902. The number of hydrogen-bond donors (Lipinski definition) is 2. The van der Waals surface area contributed by atoms with Crippen LogP contribution in [0.15, 0.2) is 40.8 Å². The maximum Gasteiger partial charge on any atom is 0.245 e. The molecule has 1 aliphatic heterocycles. The molecule has 1 fully saturated rings. The number of amides is 1. The van der Waals surface area contributed by atoms with Gasteiger partial charge in [-0.25, -0.2) is 0 Å². The van der Waals surface area contributed by atoms with Gasteiger partial charge in [0.15, 0.2) is 0 Å². The van der Waals surface area contributed by atoms with E-state index in [0.29, 0.717) is 5.75 Å². The van der Waals surface area contributed by atoms with Crippen LogP contribution in [-0.2, 0) is 4.79 Å². The number of para-hydroxylation sites is 1. The molecule has 1 aliphatic rings. The second kappa shape index (κ2) is 7.72. The van der Waals surface area contributed by atoms with Crippen molar-refractivity contribution in [3.05, 3.63) is 36.4 Å². The number of benzene rings is 2. The number of nitrogens with zero attached hydrogens (tertiary/aromatic N) is 1. The van der Waals surface area contributed by atoms with Crippen LogP contribution < -0.4 is 15.0 Å². The molecule has 0 radical (unpaired) electrons.